The number of carbonyl (C=O) groups is 1. The standard InChI is InChI=1S/C13H15ClO/c14-12-6-3-4-10(9-12)8-11-5-1-2-7-13(11)15/h3-4,6,9,11H,1-2,5,7-8H2/t11-/m1/s1. The van der Waals surface area contributed by atoms with Gasteiger partial charge in [0.1, 0.15) is 5.78 Å². The number of benzene rings is 1. The zero-order valence-corrected chi connectivity index (χ0v) is 9.46. The Morgan fingerprint density at radius 3 is 2.93 bits per heavy atom. The lowest BCUT2D eigenvalue weighted by molar-refractivity contribution is -0.124. The Hall–Kier alpha value is -0.820. The fourth-order valence-electron chi connectivity index (χ4n) is 2.22. The van der Waals surface area contributed by atoms with Crippen molar-refractivity contribution in [1.82, 2.24) is 0 Å². The lowest BCUT2D eigenvalue weighted by Gasteiger charge is -2.20. The predicted molar refractivity (Wildman–Crippen MR) is 62.1 cm³/mol. The fourth-order valence-corrected chi connectivity index (χ4v) is 2.43. The Morgan fingerprint density at radius 1 is 1.33 bits per heavy atom. The van der Waals surface area contributed by atoms with Gasteiger partial charge in [0.25, 0.3) is 0 Å². The van der Waals surface area contributed by atoms with Crippen LogP contribution >= 0.6 is 11.6 Å². The number of hydrogen-bond acceptors (Lipinski definition) is 1. The average Bonchev–Trinajstić information content (AvgIpc) is 2.22. The van der Waals surface area contributed by atoms with Crippen LogP contribution in [-0.2, 0) is 11.2 Å². The zero-order chi connectivity index (χ0) is 10.7. The van der Waals surface area contributed by atoms with Crippen LogP contribution in [0, 0.1) is 5.92 Å². The number of rotatable bonds is 2. The smallest absolute Gasteiger partial charge is 0.136 e. The van der Waals surface area contributed by atoms with Gasteiger partial charge in [-0.05, 0) is 37.0 Å². The largest absolute Gasteiger partial charge is 0.299 e. The number of carbonyl (C=O) groups excluding carboxylic acids is 1. The van der Waals surface area contributed by atoms with E-state index >= 15 is 0 Å². The highest BCUT2D eigenvalue weighted by Gasteiger charge is 2.22. The molecule has 0 saturated heterocycles. The van der Waals surface area contributed by atoms with Gasteiger partial charge >= 0.3 is 0 Å². The summed E-state index contributed by atoms with van der Waals surface area (Å²) in [5.41, 5.74) is 1.18. The highest BCUT2D eigenvalue weighted by Crippen LogP contribution is 2.24. The minimum atomic E-state index is 0.234. The molecule has 1 aliphatic rings. The van der Waals surface area contributed by atoms with Crippen LogP contribution in [0.4, 0.5) is 0 Å². The average molecular weight is 223 g/mol. The topological polar surface area (TPSA) is 17.1 Å². The Labute approximate surface area is 95.4 Å². The first-order valence-corrected chi connectivity index (χ1v) is 5.90. The lowest BCUT2D eigenvalue weighted by atomic mass is 9.84. The number of hydrogen-bond donors (Lipinski definition) is 0. The molecular weight excluding hydrogens is 208 g/mol. The maximum absolute atomic E-state index is 11.7. The zero-order valence-electron chi connectivity index (χ0n) is 8.71. The normalized spacial score (nSPS) is 21.7. The van der Waals surface area contributed by atoms with Crippen molar-refractivity contribution < 1.29 is 4.79 Å². The maximum Gasteiger partial charge on any atom is 0.136 e. The third-order valence-electron chi connectivity index (χ3n) is 3.05. The van der Waals surface area contributed by atoms with Crippen molar-refractivity contribution in [3.8, 4) is 0 Å². The third kappa shape index (κ3) is 2.82. The van der Waals surface area contributed by atoms with Crippen LogP contribution in [0.5, 0.6) is 0 Å². The van der Waals surface area contributed by atoms with Crippen molar-refractivity contribution >= 4 is 17.4 Å². The number of ketones is 1. The summed E-state index contributed by atoms with van der Waals surface area (Å²) >= 11 is 5.91. The van der Waals surface area contributed by atoms with Crippen LogP contribution in [0.3, 0.4) is 0 Å². The van der Waals surface area contributed by atoms with Crippen molar-refractivity contribution in [2.24, 2.45) is 5.92 Å². The van der Waals surface area contributed by atoms with Crippen LogP contribution in [0.1, 0.15) is 31.2 Å². The lowest BCUT2D eigenvalue weighted by Crippen LogP contribution is -2.20. The fraction of sp³-hybridized carbons (Fsp3) is 0.462. The van der Waals surface area contributed by atoms with Gasteiger partial charge in [0.2, 0.25) is 0 Å². The van der Waals surface area contributed by atoms with E-state index < -0.39 is 0 Å². The molecule has 0 aromatic heterocycles. The Bertz CT molecular complexity index is 359. The van der Waals surface area contributed by atoms with Crippen molar-refractivity contribution in [3.05, 3.63) is 34.9 Å². The van der Waals surface area contributed by atoms with Crippen LogP contribution in [0.25, 0.3) is 0 Å². The molecule has 0 bridgehead atoms. The highest BCUT2D eigenvalue weighted by atomic mass is 35.5. The molecule has 0 spiro atoms. The van der Waals surface area contributed by atoms with E-state index in [2.05, 4.69) is 0 Å². The molecule has 1 fully saturated rings. The molecule has 1 aromatic rings. The van der Waals surface area contributed by atoms with E-state index in [1.54, 1.807) is 0 Å². The molecule has 1 aliphatic carbocycles. The molecule has 1 nitrogen and oxygen atoms in total. The predicted octanol–water partition coefficient (Wildman–Crippen LogP) is 3.64. The molecule has 1 aromatic carbocycles. The number of halogens is 1. The molecule has 0 aliphatic heterocycles. The summed E-state index contributed by atoms with van der Waals surface area (Å²) in [5, 5.41) is 0.760. The SMILES string of the molecule is O=C1CCCC[C@@H]1Cc1cccc(Cl)c1. The summed E-state index contributed by atoms with van der Waals surface area (Å²) in [6.07, 6.45) is 4.94. The maximum atomic E-state index is 11.7. The van der Waals surface area contributed by atoms with Gasteiger partial charge in [0.05, 0.1) is 0 Å². The first-order valence-electron chi connectivity index (χ1n) is 5.53. The third-order valence-corrected chi connectivity index (χ3v) is 3.29. The van der Waals surface area contributed by atoms with Gasteiger partial charge in [0.15, 0.2) is 0 Å². The Balaban J connectivity index is 2.04. The molecule has 1 saturated carbocycles. The van der Waals surface area contributed by atoms with Gasteiger partial charge < -0.3 is 0 Å². The molecule has 15 heavy (non-hydrogen) atoms. The summed E-state index contributed by atoms with van der Waals surface area (Å²) in [5.74, 6) is 0.665. The van der Waals surface area contributed by atoms with Gasteiger partial charge in [-0.15, -0.1) is 0 Å². The van der Waals surface area contributed by atoms with Crippen LogP contribution < -0.4 is 0 Å². The van der Waals surface area contributed by atoms with Crippen molar-refractivity contribution in [2.75, 3.05) is 0 Å². The van der Waals surface area contributed by atoms with Gasteiger partial charge in [-0.25, -0.2) is 0 Å². The van der Waals surface area contributed by atoms with E-state index in [9.17, 15) is 4.79 Å². The van der Waals surface area contributed by atoms with Crippen molar-refractivity contribution in [3.63, 3.8) is 0 Å². The molecular formula is C13H15ClO. The second kappa shape index (κ2) is 4.80. The van der Waals surface area contributed by atoms with E-state index in [1.807, 2.05) is 24.3 Å². The quantitative estimate of drug-likeness (QED) is 0.747. The van der Waals surface area contributed by atoms with Crippen LogP contribution in [0.15, 0.2) is 24.3 Å². The first-order chi connectivity index (χ1) is 7.25. The second-order valence-electron chi connectivity index (χ2n) is 4.24. The number of Topliss-reactive ketones (excluding diaryl/α,β-unsaturated/α-hetero) is 1. The first kappa shape index (κ1) is 10.7. The minimum Gasteiger partial charge on any atom is -0.299 e. The summed E-state index contributed by atoms with van der Waals surface area (Å²) in [4.78, 5) is 11.7. The van der Waals surface area contributed by atoms with E-state index in [0.717, 1.165) is 30.7 Å². The molecule has 0 amide bonds. The summed E-state index contributed by atoms with van der Waals surface area (Å²) in [6, 6.07) is 7.83. The van der Waals surface area contributed by atoms with E-state index in [-0.39, 0.29) is 5.92 Å². The monoisotopic (exact) mass is 222 g/mol. The van der Waals surface area contributed by atoms with E-state index in [4.69, 9.17) is 11.6 Å². The van der Waals surface area contributed by atoms with Gasteiger partial charge in [-0.2, -0.15) is 0 Å². The molecule has 0 N–H and O–H groups in total. The molecule has 2 rings (SSSR count). The summed E-state index contributed by atoms with van der Waals surface area (Å²) in [6.45, 7) is 0. The molecule has 0 unspecified atom stereocenters. The molecule has 0 heterocycles. The van der Waals surface area contributed by atoms with E-state index in [0.29, 0.717) is 5.78 Å². The second-order valence-corrected chi connectivity index (χ2v) is 4.68. The molecule has 80 valence electrons. The van der Waals surface area contributed by atoms with Gasteiger partial charge in [-0.1, -0.05) is 30.2 Å². The molecule has 0 radical (unpaired) electrons. The summed E-state index contributed by atoms with van der Waals surface area (Å²) < 4.78 is 0. The van der Waals surface area contributed by atoms with Crippen LogP contribution in [-0.4, -0.2) is 5.78 Å². The van der Waals surface area contributed by atoms with Crippen molar-refractivity contribution in [2.45, 2.75) is 32.1 Å². The minimum absolute atomic E-state index is 0.234. The van der Waals surface area contributed by atoms with Crippen LogP contribution in [0.2, 0.25) is 5.02 Å². The van der Waals surface area contributed by atoms with Gasteiger partial charge in [-0.3, -0.25) is 4.79 Å². The Kier molecular flexibility index (Phi) is 3.42. The highest BCUT2D eigenvalue weighted by molar-refractivity contribution is 6.30. The molecule has 2 heteroatoms. The molecule has 1 atom stereocenters. The van der Waals surface area contributed by atoms with E-state index in [1.165, 1.54) is 12.0 Å². The Morgan fingerprint density at radius 2 is 2.20 bits per heavy atom. The van der Waals surface area contributed by atoms with Crippen molar-refractivity contribution in [1.29, 1.82) is 0 Å². The van der Waals surface area contributed by atoms with Gasteiger partial charge in [0, 0.05) is 17.4 Å². The summed E-state index contributed by atoms with van der Waals surface area (Å²) in [7, 11) is 0.